The van der Waals surface area contributed by atoms with Crippen molar-refractivity contribution in [2.75, 3.05) is 0 Å². The second kappa shape index (κ2) is 13.3. The van der Waals surface area contributed by atoms with E-state index in [1.165, 1.54) is 0 Å². The first-order valence-corrected chi connectivity index (χ1v) is 14.1. The van der Waals surface area contributed by atoms with Gasteiger partial charge in [0.1, 0.15) is 24.7 Å². The zero-order valence-electron chi connectivity index (χ0n) is 23.5. The molecular weight excluding hydrogens is 532 g/mol. The molecule has 6 aromatic rings. The molecule has 210 valence electrons. The van der Waals surface area contributed by atoms with E-state index in [1.807, 2.05) is 144 Å². The van der Waals surface area contributed by atoms with Crippen molar-refractivity contribution in [1.29, 1.82) is 0 Å². The first kappa shape index (κ1) is 27.5. The molecule has 0 radical (unpaired) electrons. The normalized spacial score (nSPS) is 11.0. The summed E-state index contributed by atoms with van der Waals surface area (Å²) in [5, 5.41) is 4.88. The smallest absolute Gasteiger partial charge is 0.185 e. The minimum Gasteiger partial charge on any atom is -0.489 e. The van der Waals surface area contributed by atoms with Crippen molar-refractivity contribution < 1.29 is 14.3 Å². The SMILES string of the molecule is O=C(/C=C/c1cn(-c2ccccc2)nc1-c1ccc(OCc2ccccc2)cc1)c1ccc(OCc2ccccc2)cc1. The maximum atomic E-state index is 13.1. The van der Waals surface area contributed by atoms with Crippen LogP contribution >= 0.6 is 0 Å². The predicted molar refractivity (Wildman–Crippen MR) is 170 cm³/mol. The van der Waals surface area contributed by atoms with Gasteiger partial charge in [0, 0.05) is 22.9 Å². The summed E-state index contributed by atoms with van der Waals surface area (Å²) >= 11 is 0. The van der Waals surface area contributed by atoms with Gasteiger partial charge in [-0.25, -0.2) is 4.68 Å². The van der Waals surface area contributed by atoms with Crippen LogP contribution in [0.2, 0.25) is 0 Å². The maximum absolute atomic E-state index is 13.1. The fourth-order valence-electron chi connectivity index (χ4n) is 4.61. The first-order valence-electron chi connectivity index (χ1n) is 14.1. The summed E-state index contributed by atoms with van der Waals surface area (Å²) in [5.41, 5.74) is 6.24. The zero-order valence-corrected chi connectivity index (χ0v) is 23.5. The Morgan fingerprint density at radius 3 is 1.70 bits per heavy atom. The number of allylic oxidation sites excluding steroid dienone is 1. The molecule has 0 spiro atoms. The number of benzene rings is 5. The molecule has 0 aliphatic carbocycles. The minimum atomic E-state index is -0.0994. The van der Waals surface area contributed by atoms with Gasteiger partial charge in [0.25, 0.3) is 0 Å². The Hall–Kier alpha value is -5.68. The quantitative estimate of drug-likeness (QED) is 0.117. The highest BCUT2D eigenvalue weighted by Gasteiger charge is 2.12. The van der Waals surface area contributed by atoms with Crippen LogP contribution < -0.4 is 9.47 Å². The molecule has 0 fully saturated rings. The molecule has 5 nitrogen and oxygen atoms in total. The molecule has 0 amide bonds. The predicted octanol–water partition coefficient (Wildman–Crippen LogP) is 8.59. The third kappa shape index (κ3) is 7.16. The van der Waals surface area contributed by atoms with Crippen LogP contribution in [0.15, 0.2) is 152 Å². The van der Waals surface area contributed by atoms with Crippen molar-refractivity contribution >= 4 is 11.9 Å². The molecule has 0 saturated heterocycles. The van der Waals surface area contributed by atoms with Gasteiger partial charge in [-0.05, 0) is 83.9 Å². The third-order valence-corrected chi connectivity index (χ3v) is 6.94. The van der Waals surface area contributed by atoms with Gasteiger partial charge in [0.05, 0.1) is 11.4 Å². The number of rotatable bonds is 11. The van der Waals surface area contributed by atoms with E-state index in [0.717, 1.165) is 39.4 Å². The Labute approximate surface area is 251 Å². The minimum absolute atomic E-state index is 0.0994. The average Bonchev–Trinajstić information content (AvgIpc) is 3.51. The van der Waals surface area contributed by atoms with Crippen LogP contribution in [-0.2, 0) is 13.2 Å². The van der Waals surface area contributed by atoms with Crippen molar-refractivity contribution in [1.82, 2.24) is 9.78 Å². The molecule has 0 aliphatic rings. The van der Waals surface area contributed by atoms with Gasteiger partial charge >= 0.3 is 0 Å². The molecule has 5 heteroatoms. The van der Waals surface area contributed by atoms with Crippen molar-refractivity contribution in [2.45, 2.75) is 13.2 Å². The number of nitrogens with zero attached hydrogens (tertiary/aromatic N) is 2. The van der Waals surface area contributed by atoms with E-state index in [4.69, 9.17) is 14.6 Å². The molecule has 0 saturated carbocycles. The molecule has 6 rings (SSSR count). The Balaban J connectivity index is 1.19. The number of ketones is 1. The van der Waals surface area contributed by atoms with E-state index < -0.39 is 0 Å². The van der Waals surface area contributed by atoms with E-state index in [-0.39, 0.29) is 5.78 Å². The lowest BCUT2D eigenvalue weighted by Gasteiger charge is -2.07. The van der Waals surface area contributed by atoms with E-state index >= 15 is 0 Å². The highest BCUT2D eigenvalue weighted by atomic mass is 16.5. The lowest BCUT2D eigenvalue weighted by Crippen LogP contribution is -1.97. The second-order valence-electron chi connectivity index (χ2n) is 10.0. The Morgan fingerprint density at radius 1 is 0.628 bits per heavy atom. The lowest BCUT2D eigenvalue weighted by atomic mass is 10.1. The molecule has 0 aliphatic heterocycles. The van der Waals surface area contributed by atoms with Crippen LogP contribution in [0.3, 0.4) is 0 Å². The van der Waals surface area contributed by atoms with Crippen LogP contribution in [0.25, 0.3) is 23.0 Å². The number of hydrogen-bond acceptors (Lipinski definition) is 4. The molecule has 0 bridgehead atoms. The summed E-state index contributed by atoms with van der Waals surface area (Å²) < 4.78 is 13.7. The third-order valence-electron chi connectivity index (χ3n) is 6.94. The Bertz CT molecular complexity index is 1790. The van der Waals surface area contributed by atoms with E-state index in [2.05, 4.69) is 0 Å². The summed E-state index contributed by atoms with van der Waals surface area (Å²) in [7, 11) is 0. The van der Waals surface area contributed by atoms with Gasteiger partial charge < -0.3 is 9.47 Å². The Morgan fingerprint density at radius 2 is 1.14 bits per heavy atom. The van der Waals surface area contributed by atoms with Crippen molar-refractivity contribution in [3.63, 3.8) is 0 Å². The average molecular weight is 563 g/mol. The van der Waals surface area contributed by atoms with Gasteiger partial charge in [0.2, 0.25) is 0 Å². The van der Waals surface area contributed by atoms with Crippen LogP contribution in [0.4, 0.5) is 0 Å². The number of ether oxygens (including phenoxy) is 2. The molecule has 43 heavy (non-hydrogen) atoms. The zero-order chi connectivity index (χ0) is 29.3. The number of carbonyl (C=O) groups is 1. The van der Waals surface area contributed by atoms with Crippen LogP contribution in [0.1, 0.15) is 27.0 Å². The summed E-state index contributed by atoms with van der Waals surface area (Å²) in [6.07, 6.45) is 5.35. The van der Waals surface area contributed by atoms with Crippen LogP contribution in [-0.4, -0.2) is 15.6 Å². The lowest BCUT2D eigenvalue weighted by molar-refractivity contribution is 0.104. The fraction of sp³-hybridized carbons (Fsp3) is 0.0526. The summed E-state index contributed by atoms with van der Waals surface area (Å²) in [6, 6.07) is 45.1. The van der Waals surface area contributed by atoms with Crippen molar-refractivity contribution in [3.8, 4) is 28.4 Å². The van der Waals surface area contributed by atoms with E-state index in [9.17, 15) is 4.79 Å². The largest absolute Gasteiger partial charge is 0.489 e. The van der Waals surface area contributed by atoms with Gasteiger partial charge in [-0.3, -0.25) is 4.79 Å². The summed E-state index contributed by atoms with van der Waals surface area (Å²) in [5.74, 6) is 1.39. The van der Waals surface area contributed by atoms with Crippen LogP contribution in [0, 0.1) is 0 Å². The van der Waals surface area contributed by atoms with Crippen molar-refractivity contribution in [3.05, 3.63) is 174 Å². The van der Waals surface area contributed by atoms with Gasteiger partial charge in [-0.1, -0.05) is 78.9 Å². The Kier molecular flexibility index (Phi) is 8.52. The summed E-state index contributed by atoms with van der Waals surface area (Å²) in [6.45, 7) is 0.974. The van der Waals surface area contributed by atoms with E-state index in [1.54, 1.807) is 18.2 Å². The first-order chi connectivity index (χ1) is 21.2. The van der Waals surface area contributed by atoms with E-state index in [0.29, 0.717) is 24.5 Å². The molecule has 0 N–H and O–H groups in total. The fourth-order valence-corrected chi connectivity index (χ4v) is 4.61. The summed E-state index contributed by atoms with van der Waals surface area (Å²) in [4.78, 5) is 13.1. The monoisotopic (exact) mass is 562 g/mol. The number of para-hydroxylation sites is 1. The van der Waals surface area contributed by atoms with Gasteiger partial charge in [-0.2, -0.15) is 5.10 Å². The number of aromatic nitrogens is 2. The standard InChI is InChI=1S/C38H30N2O3/c41-37(31-16-21-35(22-17-31)42-27-29-10-4-1-5-11-29)25-20-33-26-40(34-14-8-3-9-15-34)39-38(33)32-18-23-36(24-19-32)43-28-30-12-6-2-7-13-30/h1-26H,27-28H2/b25-20+. The molecule has 1 heterocycles. The molecule has 1 aromatic heterocycles. The highest BCUT2D eigenvalue weighted by molar-refractivity contribution is 6.07. The van der Waals surface area contributed by atoms with Crippen molar-refractivity contribution in [2.24, 2.45) is 0 Å². The van der Waals surface area contributed by atoms with Crippen LogP contribution in [0.5, 0.6) is 11.5 Å². The van der Waals surface area contributed by atoms with Gasteiger partial charge in [-0.15, -0.1) is 0 Å². The van der Waals surface area contributed by atoms with Gasteiger partial charge in [0.15, 0.2) is 5.78 Å². The number of hydrogen-bond donors (Lipinski definition) is 0. The molecule has 5 aromatic carbocycles. The maximum Gasteiger partial charge on any atom is 0.185 e. The highest BCUT2D eigenvalue weighted by Crippen LogP contribution is 2.27. The molecular formula is C38H30N2O3. The second-order valence-corrected chi connectivity index (χ2v) is 10.0. The topological polar surface area (TPSA) is 53.4 Å². The number of carbonyl (C=O) groups excluding carboxylic acids is 1. The molecule has 0 atom stereocenters. The molecule has 0 unspecified atom stereocenters.